The van der Waals surface area contributed by atoms with Gasteiger partial charge in [-0.25, -0.2) is 18.5 Å². The van der Waals surface area contributed by atoms with E-state index in [4.69, 9.17) is 5.14 Å². The molecule has 1 aliphatic rings. The largest absolute Gasteiger partial charge is 0.319 e. The Morgan fingerprint density at radius 3 is 2.76 bits per heavy atom. The van der Waals surface area contributed by atoms with Crippen LogP contribution in [0.1, 0.15) is 19.4 Å². The molecule has 4 rings (SSSR count). The van der Waals surface area contributed by atoms with E-state index >= 15 is 0 Å². The van der Waals surface area contributed by atoms with Crippen LogP contribution in [0.2, 0.25) is 0 Å². The number of primary sulfonamides is 1. The van der Waals surface area contributed by atoms with E-state index in [-0.39, 0.29) is 16.1 Å². The van der Waals surface area contributed by atoms with Gasteiger partial charge in [0.05, 0.1) is 21.2 Å². The Hall–Kier alpha value is -2.36. The average Bonchev–Trinajstić information content (AvgIpc) is 3.26. The number of benzene rings is 2. The zero-order valence-electron chi connectivity index (χ0n) is 16.2. The van der Waals surface area contributed by atoms with Crippen molar-refractivity contribution in [3.63, 3.8) is 0 Å². The highest BCUT2D eigenvalue weighted by atomic mass is 32.2. The monoisotopic (exact) mass is 430 g/mol. The summed E-state index contributed by atoms with van der Waals surface area (Å²) in [7, 11) is -3.80. The number of hydrogen-bond acceptors (Lipinski definition) is 5. The summed E-state index contributed by atoms with van der Waals surface area (Å²) in [6, 6.07) is 12.6. The Balaban J connectivity index is 1.62. The van der Waals surface area contributed by atoms with Crippen LogP contribution in [-0.2, 0) is 27.8 Å². The predicted octanol–water partition coefficient (Wildman–Crippen LogP) is 2.77. The number of amides is 1. The summed E-state index contributed by atoms with van der Waals surface area (Å²) in [5.74, 6) is 0.0416. The Morgan fingerprint density at radius 2 is 2.03 bits per heavy atom. The third-order valence-corrected chi connectivity index (χ3v) is 7.10. The number of rotatable bonds is 5. The zero-order chi connectivity index (χ0) is 20.8. The number of aryl methyl sites for hydroxylation is 1. The third-order valence-electron chi connectivity index (χ3n) is 5.11. The predicted molar refractivity (Wildman–Crippen MR) is 115 cm³/mol. The molecule has 1 amide bonds. The molecule has 1 aromatic heterocycles. The smallest absolute Gasteiger partial charge is 0.240 e. The van der Waals surface area contributed by atoms with E-state index in [1.807, 2.05) is 41.5 Å². The summed E-state index contributed by atoms with van der Waals surface area (Å²) in [4.78, 5) is 19.5. The fourth-order valence-corrected chi connectivity index (χ4v) is 5.24. The number of nitrogens with two attached hydrogens (primary N) is 1. The van der Waals surface area contributed by atoms with E-state index in [9.17, 15) is 13.2 Å². The van der Waals surface area contributed by atoms with E-state index in [2.05, 4.69) is 11.1 Å². The van der Waals surface area contributed by atoms with Crippen LogP contribution in [0, 0.1) is 0 Å². The maximum Gasteiger partial charge on any atom is 0.240 e. The highest BCUT2D eigenvalue weighted by molar-refractivity contribution is 8.00. The van der Waals surface area contributed by atoms with Crippen LogP contribution in [-0.4, -0.2) is 35.7 Å². The lowest BCUT2D eigenvalue weighted by atomic mass is 10.2. The summed E-state index contributed by atoms with van der Waals surface area (Å²) in [5.41, 5.74) is 3.53. The minimum Gasteiger partial charge on any atom is -0.319 e. The minimum absolute atomic E-state index is 0.0279. The Morgan fingerprint density at radius 1 is 1.28 bits per heavy atom. The summed E-state index contributed by atoms with van der Waals surface area (Å²) >= 11 is 1.38. The molecule has 3 aromatic rings. The molecule has 1 unspecified atom stereocenters. The van der Waals surface area contributed by atoms with Crippen molar-refractivity contribution >= 4 is 44.4 Å². The van der Waals surface area contributed by atoms with Crippen LogP contribution in [0.4, 0.5) is 5.69 Å². The normalized spacial score (nSPS) is 14.9. The Labute approximate surface area is 174 Å². The van der Waals surface area contributed by atoms with Crippen molar-refractivity contribution in [3.8, 4) is 0 Å². The molecular weight excluding hydrogens is 408 g/mol. The van der Waals surface area contributed by atoms with E-state index in [0.717, 1.165) is 17.6 Å². The summed E-state index contributed by atoms with van der Waals surface area (Å²) in [5, 5.41) is 5.59. The molecule has 0 fully saturated rings. The van der Waals surface area contributed by atoms with Gasteiger partial charge in [-0.05, 0) is 50.1 Å². The number of carbonyl (C=O) groups is 1. The number of aromatic nitrogens is 2. The molecule has 0 bridgehead atoms. The number of thioether (sulfide) groups is 1. The molecule has 0 aliphatic carbocycles. The first-order chi connectivity index (χ1) is 13.8. The van der Waals surface area contributed by atoms with Crippen molar-refractivity contribution in [2.45, 2.75) is 42.1 Å². The molecule has 7 nitrogen and oxygen atoms in total. The van der Waals surface area contributed by atoms with Gasteiger partial charge in [0.2, 0.25) is 15.9 Å². The number of sulfonamides is 1. The van der Waals surface area contributed by atoms with Gasteiger partial charge >= 0.3 is 0 Å². The molecule has 2 aromatic carbocycles. The van der Waals surface area contributed by atoms with Crippen LogP contribution < -0.4 is 10.0 Å². The van der Waals surface area contributed by atoms with Crippen molar-refractivity contribution in [2.75, 3.05) is 11.4 Å². The van der Waals surface area contributed by atoms with Gasteiger partial charge in [-0.3, -0.25) is 4.79 Å². The highest BCUT2D eigenvalue weighted by Gasteiger charge is 2.29. The first kappa shape index (κ1) is 19.9. The van der Waals surface area contributed by atoms with Gasteiger partial charge < -0.3 is 9.47 Å². The number of hydrogen-bond donors (Lipinski definition) is 1. The van der Waals surface area contributed by atoms with Gasteiger partial charge in [-0.1, -0.05) is 30.0 Å². The van der Waals surface area contributed by atoms with Crippen LogP contribution in [0.5, 0.6) is 0 Å². The lowest BCUT2D eigenvalue weighted by Gasteiger charge is -2.21. The zero-order valence-corrected chi connectivity index (χ0v) is 17.8. The third kappa shape index (κ3) is 3.65. The standard InChI is InChI=1S/C20H22N4O3S2/c1-3-23-18-9-8-15(29(21,26)27)12-16(18)22-20(23)28-13(2)19(25)24-11-10-14-6-4-5-7-17(14)24/h4-9,12-13H,3,10-11H2,1-2H3,(H2,21,26,27). The molecule has 0 radical (unpaired) electrons. The van der Waals surface area contributed by atoms with Crippen molar-refractivity contribution in [2.24, 2.45) is 5.14 Å². The second-order valence-electron chi connectivity index (χ2n) is 6.96. The maximum absolute atomic E-state index is 13.1. The molecule has 1 aliphatic heterocycles. The van der Waals surface area contributed by atoms with Gasteiger partial charge in [0.25, 0.3) is 0 Å². The highest BCUT2D eigenvalue weighted by Crippen LogP contribution is 2.33. The maximum atomic E-state index is 13.1. The van der Waals surface area contributed by atoms with Gasteiger partial charge in [-0.15, -0.1) is 0 Å². The molecule has 0 spiro atoms. The summed E-state index contributed by atoms with van der Waals surface area (Å²) < 4.78 is 25.3. The number of para-hydroxylation sites is 1. The molecule has 29 heavy (non-hydrogen) atoms. The van der Waals surface area contributed by atoms with E-state index in [0.29, 0.717) is 23.8 Å². The minimum atomic E-state index is -3.80. The number of fused-ring (bicyclic) bond motifs is 2. The molecular formula is C20H22N4O3S2. The fraction of sp³-hybridized carbons (Fsp3) is 0.300. The fourth-order valence-electron chi connectivity index (χ4n) is 3.66. The molecule has 1 atom stereocenters. The number of nitrogens with zero attached hydrogens (tertiary/aromatic N) is 3. The Bertz CT molecular complexity index is 1200. The topological polar surface area (TPSA) is 98.3 Å². The number of imidazole rings is 1. The summed E-state index contributed by atoms with van der Waals surface area (Å²) in [6.07, 6.45) is 0.864. The number of carbonyl (C=O) groups excluding carboxylic acids is 1. The van der Waals surface area contributed by atoms with Crippen molar-refractivity contribution < 1.29 is 13.2 Å². The molecule has 9 heteroatoms. The van der Waals surface area contributed by atoms with Crippen LogP contribution in [0.25, 0.3) is 11.0 Å². The molecule has 2 N–H and O–H groups in total. The van der Waals surface area contributed by atoms with Crippen LogP contribution >= 0.6 is 11.8 Å². The average molecular weight is 431 g/mol. The van der Waals surface area contributed by atoms with Crippen molar-refractivity contribution in [3.05, 3.63) is 48.0 Å². The second kappa shape index (κ2) is 7.47. The SMILES string of the molecule is CCn1c(SC(C)C(=O)N2CCc3ccccc32)nc2cc(S(N)(=O)=O)ccc21. The first-order valence-electron chi connectivity index (χ1n) is 9.38. The van der Waals surface area contributed by atoms with E-state index < -0.39 is 10.0 Å². The lowest BCUT2D eigenvalue weighted by Crippen LogP contribution is -2.35. The first-order valence-corrected chi connectivity index (χ1v) is 11.8. The molecule has 0 saturated carbocycles. The molecule has 0 saturated heterocycles. The lowest BCUT2D eigenvalue weighted by molar-refractivity contribution is -0.117. The van der Waals surface area contributed by atoms with Gasteiger partial charge in [0, 0.05) is 18.8 Å². The van der Waals surface area contributed by atoms with Crippen LogP contribution in [0.3, 0.4) is 0 Å². The quantitative estimate of drug-likeness (QED) is 0.628. The summed E-state index contributed by atoms with van der Waals surface area (Å²) in [6.45, 7) is 5.21. The second-order valence-corrected chi connectivity index (χ2v) is 9.83. The van der Waals surface area contributed by atoms with Gasteiger partial charge in [0.15, 0.2) is 5.16 Å². The van der Waals surface area contributed by atoms with Crippen molar-refractivity contribution in [1.29, 1.82) is 0 Å². The van der Waals surface area contributed by atoms with E-state index in [1.165, 1.54) is 29.5 Å². The van der Waals surface area contributed by atoms with Gasteiger partial charge in [0.1, 0.15) is 0 Å². The molecule has 2 heterocycles. The van der Waals surface area contributed by atoms with E-state index in [1.54, 1.807) is 6.07 Å². The Kier molecular flexibility index (Phi) is 5.14. The number of anilines is 1. The van der Waals surface area contributed by atoms with Crippen molar-refractivity contribution in [1.82, 2.24) is 9.55 Å². The van der Waals surface area contributed by atoms with Gasteiger partial charge in [-0.2, -0.15) is 0 Å². The van der Waals surface area contributed by atoms with Crippen LogP contribution in [0.15, 0.2) is 52.5 Å². The molecule has 152 valence electrons.